The van der Waals surface area contributed by atoms with Crippen LogP contribution in [0.2, 0.25) is 5.02 Å². The molecule has 4 rings (SSSR count). The average Bonchev–Trinajstić information content (AvgIpc) is 2.77. The van der Waals surface area contributed by atoms with Crippen molar-refractivity contribution in [1.29, 1.82) is 0 Å². The van der Waals surface area contributed by atoms with E-state index in [-0.39, 0.29) is 32.3 Å². The van der Waals surface area contributed by atoms with E-state index in [0.717, 1.165) is 6.08 Å². The maximum absolute atomic E-state index is 12.9. The number of ketones is 1. The molecule has 0 bridgehead atoms. The molecule has 0 heterocycles. The Morgan fingerprint density at radius 2 is 1.31 bits per heavy atom. The van der Waals surface area contributed by atoms with Crippen molar-refractivity contribution in [1.82, 2.24) is 4.72 Å². The van der Waals surface area contributed by atoms with Crippen molar-refractivity contribution in [3.05, 3.63) is 107 Å². The molecule has 0 fully saturated rings. The number of nitrogens with one attached hydrogen (secondary N) is 1. The highest BCUT2D eigenvalue weighted by Crippen LogP contribution is 2.24. The topological polar surface area (TPSA) is 110 Å². The predicted molar refractivity (Wildman–Crippen MR) is 121 cm³/mol. The monoisotopic (exact) mass is 486 g/mol. The Balaban J connectivity index is 1.82. The van der Waals surface area contributed by atoms with Crippen LogP contribution in [0.25, 0.3) is 0 Å². The molecule has 1 N–H and O–H groups in total. The van der Waals surface area contributed by atoms with Crippen molar-refractivity contribution in [3.63, 3.8) is 0 Å². The summed E-state index contributed by atoms with van der Waals surface area (Å²) in [6, 6.07) is 19.2. The fraction of sp³-hybridized carbons (Fsp3) is 0. The lowest BCUT2D eigenvalue weighted by Gasteiger charge is -2.18. The van der Waals surface area contributed by atoms with Gasteiger partial charge < -0.3 is 0 Å². The lowest BCUT2D eigenvalue weighted by atomic mass is 9.93. The Labute approximate surface area is 190 Å². The second-order valence-corrected chi connectivity index (χ2v) is 10.5. The molecule has 0 amide bonds. The number of allylic oxidation sites excluding steroid dienone is 2. The van der Waals surface area contributed by atoms with Crippen LogP contribution in [0, 0.1) is 0 Å². The van der Waals surface area contributed by atoms with E-state index in [1.54, 1.807) is 36.4 Å². The molecule has 7 nitrogen and oxygen atoms in total. The van der Waals surface area contributed by atoms with Gasteiger partial charge in [0.15, 0.2) is 0 Å². The molecule has 0 saturated heterocycles. The summed E-state index contributed by atoms with van der Waals surface area (Å²) in [6.07, 6.45) is 1.12. The number of rotatable bonds is 5. The van der Waals surface area contributed by atoms with Crippen molar-refractivity contribution in [3.8, 4) is 0 Å². The first-order chi connectivity index (χ1) is 15.2. The molecule has 10 heteroatoms. The number of Topliss-reactive ketones (excluding diaryl/α,β-unsaturated/α-hetero) is 1. The lowest BCUT2D eigenvalue weighted by molar-refractivity contribution is 0.102. The van der Waals surface area contributed by atoms with Crippen LogP contribution < -0.4 is 4.72 Å². The van der Waals surface area contributed by atoms with Gasteiger partial charge >= 0.3 is 0 Å². The van der Waals surface area contributed by atoms with Crippen LogP contribution in [-0.2, 0) is 20.0 Å². The van der Waals surface area contributed by atoms with Gasteiger partial charge in [0.1, 0.15) is 0 Å². The molecular weight excluding hydrogens is 472 g/mol. The van der Waals surface area contributed by atoms with Gasteiger partial charge in [-0.25, -0.2) is 8.42 Å². The second kappa shape index (κ2) is 8.34. The summed E-state index contributed by atoms with van der Waals surface area (Å²) in [5.41, 5.74) is 0.0297. The first kappa shape index (κ1) is 21.9. The smallest absolute Gasteiger partial charge is 0.282 e. The standard InChI is InChI=1S/C22H15ClN2O5S2/c23-15-10-12-17(13-11-15)32(29,30)24-20-14-21(22(26)19-9-5-4-8-18(19)20)25-31(27,28)16-6-2-1-3-7-16/h1-14,25H. The SMILES string of the molecule is O=C1C(NS(=O)(=O)c2ccccc2)=CC(=NS(=O)(=O)c2ccc(Cl)cc2)c2ccccc21. The molecule has 1 aliphatic carbocycles. The van der Waals surface area contributed by atoms with Crippen molar-refractivity contribution in [2.45, 2.75) is 9.79 Å². The molecule has 0 spiro atoms. The van der Waals surface area contributed by atoms with E-state index in [0.29, 0.717) is 5.02 Å². The third-order valence-electron chi connectivity index (χ3n) is 4.60. The zero-order valence-corrected chi connectivity index (χ0v) is 18.7. The Bertz CT molecular complexity index is 1480. The fourth-order valence-electron chi connectivity index (χ4n) is 3.07. The van der Waals surface area contributed by atoms with Crippen LogP contribution in [-0.4, -0.2) is 28.3 Å². The quantitative estimate of drug-likeness (QED) is 0.592. The van der Waals surface area contributed by atoms with E-state index >= 15 is 0 Å². The molecule has 0 saturated carbocycles. The van der Waals surface area contributed by atoms with Gasteiger partial charge in [0, 0.05) is 16.1 Å². The maximum Gasteiger partial charge on any atom is 0.282 e. The fourth-order valence-corrected chi connectivity index (χ4v) is 5.27. The Morgan fingerprint density at radius 3 is 1.97 bits per heavy atom. The van der Waals surface area contributed by atoms with Crippen LogP contribution in [0.4, 0.5) is 0 Å². The summed E-state index contributed by atoms with van der Waals surface area (Å²) in [7, 11) is -8.24. The summed E-state index contributed by atoms with van der Waals surface area (Å²) in [5.74, 6) is -0.594. The third-order valence-corrected chi connectivity index (χ3v) is 7.54. The summed E-state index contributed by atoms with van der Waals surface area (Å²) in [4.78, 5) is 12.8. The predicted octanol–water partition coefficient (Wildman–Crippen LogP) is 3.58. The van der Waals surface area contributed by atoms with Crippen molar-refractivity contribution >= 4 is 43.1 Å². The lowest BCUT2D eigenvalue weighted by Crippen LogP contribution is -2.31. The summed E-state index contributed by atoms with van der Waals surface area (Å²) < 4.78 is 57.3. The van der Waals surface area contributed by atoms with Gasteiger partial charge in [-0.3, -0.25) is 9.52 Å². The maximum atomic E-state index is 12.9. The summed E-state index contributed by atoms with van der Waals surface area (Å²) in [5, 5.41) is 0.364. The zero-order valence-electron chi connectivity index (χ0n) is 16.3. The minimum absolute atomic E-state index is 0.0418. The summed E-state index contributed by atoms with van der Waals surface area (Å²) in [6.45, 7) is 0. The molecular formula is C22H15ClN2O5S2. The molecule has 162 valence electrons. The van der Waals surface area contributed by atoms with Gasteiger partial charge in [0.25, 0.3) is 20.0 Å². The molecule has 1 aliphatic rings. The molecule has 0 aliphatic heterocycles. The highest BCUT2D eigenvalue weighted by atomic mass is 35.5. The molecule has 32 heavy (non-hydrogen) atoms. The largest absolute Gasteiger partial charge is 0.287 e. The number of halogens is 1. The van der Waals surface area contributed by atoms with E-state index < -0.39 is 25.8 Å². The number of hydrogen-bond acceptors (Lipinski definition) is 5. The minimum Gasteiger partial charge on any atom is -0.287 e. The van der Waals surface area contributed by atoms with E-state index in [1.165, 1.54) is 42.5 Å². The van der Waals surface area contributed by atoms with Crippen LogP contribution in [0.5, 0.6) is 0 Å². The highest BCUT2D eigenvalue weighted by molar-refractivity contribution is 7.90. The van der Waals surface area contributed by atoms with Gasteiger partial charge in [-0.1, -0.05) is 54.1 Å². The average molecular weight is 487 g/mol. The molecule has 0 radical (unpaired) electrons. The minimum atomic E-state index is -4.16. The van der Waals surface area contributed by atoms with Crippen LogP contribution in [0.3, 0.4) is 0 Å². The number of hydrogen-bond donors (Lipinski definition) is 1. The molecule has 3 aromatic carbocycles. The number of carbonyl (C=O) groups is 1. The molecule has 0 aromatic heterocycles. The summed E-state index contributed by atoms with van der Waals surface area (Å²) >= 11 is 5.82. The number of fused-ring (bicyclic) bond motifs is 1. The van der Waals surface area contributed by atoms with Gasteiger partial charge in [-0.05, 0) is 42.5 Å². The Morgan fingerprint density at radius 1 is 0.719 bits per heavy atom. The highest BCUT2D eigenvalue weighted by Gasteiger charge is 2.29. The van der Waals surface area contributed by atoms with E-state index in [4.69, 9.17) is 11.6 Å². The van der Waals surface area contributed by atoms with Crippen LogP contribution in [0.1, 0.15) is 15.9 Å². The zero-order chi connectivity index (χ0) is 22.9. The van der Waals surface area contributed by atoms with Crippen molar-refractivity contribution in [2.24, 2.45) is 4.40 Å². The number of benzene rings is 3. The van der Waals surface area contributed by atoms with Gasteiger partial charge in [0.05, 0.1) is 21.2 Å². The van der Waals surface area contributed by atoms with Gasteiger partial charge in [-0.2, -0.15) is 12.8 Å². The molecule has 0 atom stereocenters. The van der Waals surface area contributed by atoms with Gasteiger partial charge in [-0.15, -0.1) is 0 Å². The Hall–Kier alpha value is -3.27. The van der Waals surface area contributed by atoms with E-state index in [9.17, 15) is 21.6 Å². The van der Waals surface area contributed by atoms with E-state index in [1.807, 2.05) is 0 Å². The number of nitrogens with zero attached hydrogens (tertiary/aromatic N) is 1. The molecule has 0 unspecified atom stereocenters. The number of carbonyl (C=O) groups excluding carboxylic acids is 1. The Kier molecular flexibility index (Phi) is 5.72. The normalized spacial score (nSPS) is 15.2. The van der Waals surface area contributed by atoms with Gasteiger partial charge in [0.2, 0.25) is 5.78 Å². The van der Waals surface area contributed by atoms with E-state index in [2.05, 4.69) is 9.12 Å². The second-order valence-electron chi connectivity index (χ2n) is 6.76. The first-order valence-corrected chi connectivity index (χ1v) is 12.5. The first-order valence-electron chi connectivity index (χ1n) is 9.22. The molecule has 3 aromatic rings. The van der Waals surface area contributed by atoms with Crippen molar-refractivity contribution < 1.29 is 21.6 Å². The van der Waals surface area contributed by atoms with Crippen LogP contribution >= 0.6 is 11.6 Å². The number of sulfonamides is 2. The third kappa shape index (κ3) is 4.36. The van der Waals surface area contributed by atoms with Crippen LogP contribution in [0.15, 0.2) is 105 Å². The van der Waals surface area contributed by atoms with Crippen molar-refractivity contribution in [2.75, 3.05) is 0 Å².